The second-order valence-electron chi connectivity index (χ2n) is 9.01. The summed E-state index contributed by atoms with van der Waals surface area (Å²) in [6, 6.07) is 17.1. The van der Waals surface area contributed by atoms with Gasteiger partial charge in [0.2, 0.25) is 0 Å². The minimum atomic E-state index is -0.105. The molecule has 5 rings (SSSR count). The van der Waals surface area contributed by atoms with Gasteiger partial charge >= 0.3 is 6.03 Å². The summed E-state index contributed by atoms with van der Waals surface area (Å²) in [5.74, 6) is 1.72. The number of hydrogen-bond acceptors (Lipinski definition) is 5. The number of aryl methyl sites for hydroxylation is 2. The lowest BCUT2D eigenvalue weighted by molar-refractivity contribution is 0.215. The van der Waals surface area contributed by atoms with Crippen LogP contribution in [0.5, 0.6) is 0 Å². The van der Waals surface area contributed by atoms with Crippen LogP contribution in [0.4, 0.5) is 16.3 Å². The van der Waals surface area contributed by atoms with Gasteiger partial charge in [0.15, 0.2) is 5.65 Å². The summed E-state index contributed by atoms with van der Waals surface area (Å²) in [6.07, 6.45) is 2.60. The Morgan fingerprint density at radius 3 is 2.53 bits per heavy atom. The molecule has 0 aliphatic carbocycles. The lowest BCUT2D eigenvalue weighted by Gasteiger charge is -2.24. The van der Waals surface area contributed by atoms with Crippen molar-refractivity contribution in [2.75, 3.05) is 36.4 Å². The van der Waals surface area contributed by atoms with Crippen molar-refractivity contribution in [3.63, 3.8) is 0 Å². The van der Waals surface area contributed by atoms with E-state index in [2.05, 4.69) is 17.1 Å². The molecule has 4 aromatic rings. The number of benzene rings is 2. The summed E-state index contributed by atoms with van der Waals surface area (Å²) in [5.41, 5.74) is 3.43. The molecule has 186 valence electrons. The van der Waals surface area contributed by atoms with Crippen molar-refractivity contribution >= 4 is 40.2 Å². The predicted octanol–water partition coefficient (Wildman–Crippen LogP) is 5.47. The fraction of sp³-hybridized carbons (Fsp3) is 0.333. The minimum absolute atomic E-state index is 0.105. The van der Waals surface area contributed by atoms with Crippen molar-refractivity contribution in [3.05, 3.63) is 71.1 Å². The molecule has 3 heterocycles. The molecule has 2 aromatic carbocycles. The topological polar surface area (TPSA) is 79.2 Å². The van der Waals surface area contributed by atoms with E-state index in [4.69, 9.17) is 26.7 Å². The van der Waals surface area contributed by atoms with E-state index in [1.807, 2.05) is 59.0 Å². The van der Waals surface area contributed by atoms with Gasteiger partial charge in [-0.3, -0.25) is 0 Å². The van der Waals surface area contributed by atoms with E-state index in [0.29, 0.717) is 24.7 Å². The standard InChI is InChI=1S/C27H30ClN7O/c1-3-8-23-30-25(24-19(2)32-35(26(24)31-23)22-9-5-4-6-10-22)33-15-7-16-34(18-17-33)27(36)29-21-13-11-20(28)12-14-21/h4-6,9-14H,3,7-8,15-18H2,1-2H3,(H,29,36). The molecule has 0 unspecified atom stereocenters. The van der Waals surface area contributed by atoms with Gasteiger partial charge in [-0.05, 0) is 56.2 Å². The van der Waals surface area contributed by atoms with Crippen molar-refractivity contribution in [1.29, 1.82) is 0 Å². The van der Waals surface area contributed by atoms with Crippen LogP contribution in [0.15, 0.2) is 54.6 Å². The molecule has 1 fully saturated rings. The van der Waals surface area contributed by atoms with Crippen molar-refractivity contribution in [1.82, 2.24) is 24.6 Å². The van der Waals surface area contributed by atoms with Crippen molar-refractivity contribution in [2.45, 2.75) is 33.1 Å². The monoisotopic (exact) mass is 503 g/mol. The lowest BCUT2D eigenvalue weighted by Crippen LogP contribution is -2.38. The van der Waals surface area contributed by atoms with Gasteiger partial charge < -0.3 is 15.1 Å². The maximum atomic E-state index is 12.9. The average Bonchev–Trinajstić information content (AvgIpc) is 3.05. The Morgan fingerprint density at radius 1 is 1.00 bits per heavy atom. The SMILES string of the molecule is CCCc1nc(N2CCCN(C(=O)Nc3ccc(Cl)cc3)CC2)c2c(C)nn(-c3ccccc3)c2n1. The summed E-state index contributed by atoms with van der Waals surface area (Å²) < 4.78 is 1.92. The Bertz CT molecular complexity index is 1350. The number of nitrogens with one attached hydrogen (secondary N) is 1. The Labute approximate surface area is 215 Å². The predicted molar refractivity (Wildman–Crippen MR) is 144 cm³/mol. The Morgan fingerprint density at radius 2 is 1.78 bits per heavy atom. The van der Waals surface area contributed by atoms with E-state index in [1.165, 1.54) is 0 Å². The van der Waals surface area contributed by atoms with Gasteiger partial charge in [0.25, 0.3) is 0 Å². The molecule has 9 heteroatoms. The van der Waals surface area contributed by atoms with Gasteiger partial charge in [-0.15, -0.1) is 0 Å². The van der Waals surface area contributed by atoms with Crippen LogP contribution in [0.2, 0.25) is 5.02 Å². The van der Waals surface area contributed by atoms with Gasteiger partial charge in [0, 0.05) is 43.3 Å². The minimum Gasteiger partial charge on any atom is -0.354 e. The summed E-state index contributed by atoms with van der Waals surface area (Å²) >= 11 is 5.97. The number of urea groups is 1. The zero-order valence-electron chi connectivity index (χ0n) is 20.6. The molecule has 0 bridgehead atoms. The Hall–Kier alpha value is -3.65. The quantitative estimate of drug-likeness (QED) is 0.390. The van der Waals surface area contributed by atoms with Gasteiger partial charge in [-0.1, -0.05) is 36.7 Å². The lowest BCUT2D eigenvalue weighted by atomic mass is 10.2. The van der Waals surface area contributed by atoms with Crippen LogP contribution in [0.25, 0.3) is 16.7 Å². The molecule has 2 amide bonds. The molecular weight excluding hydrogens is 474 g/mol. The molecular formula is C27H30ClN7O. The summed E-state index contributed by atoms with van der Waals surface area (Å²) in [7, 11) is 0. The first-order chi connectivity index (χ1) is 17.5. The first kappa shape index (κ1) is 24.1. The normalized spacial score (nSPS) is 14.2. The molecule has 8 nitrogen and oxygen atoms in total. The van der Waals surface area contributed by atoms with E-state index < -0.39 is 0 Å². The number of halogens is 1. The van der Waals surface area contributed by atoms with Crippen LogP contribution in [0, 0.1) is 6.92 Å². The summed E-state index contributed by atoms with van der Waals surface area (Å²) in [4.78, 5) is 27.0. The molecule has 0 radical (unpaired) electrons. The molecule has 0 saturated carbocycles. The number of anilines is 2. The fourth-order valence-corrected chi connectivity index (χ4v) is 4.71. The zero-order valence-corrected chi connectivity index (χ0v) is 21.4. The van der Waals surface area contributed by atoms with Gasteiger partial charge in [-0.25, -0.2) is 19.4 Å². The highest BCUT2D eigenvalue weighted by Crippen LogP contribution is 2.30. The van der Waals surface area contributed by atoms with Crippen LogP contribution in [-0.4, -0.2) is 56.9 Å². The van der Waals surface area contributed by atoms with Crippen molar-refractivity contribution < 1.29 is 4.79 Å². The molecule has 1 saturated heterocycles. The largest absolute Gasteiger partial charge is 0.354 e. The van der Waals surface area contributed by atoms with Crippen LogP contribution in [-0.2, 0) is 6.42 Å². The van der Waals surface area contributed by atoms with Gasteiger partial charge in [0.1, 0.15) is 11.6 Å². The Kier molecular flexibility index (Phi) is 7.04. The number of hydrogen-bond donors (Lipinski definition) is 1. The number of para-hydroxylation sites is 1. The number of aromatic nitrogens is 4. The number of fused-ring (bicyclic) bond motifs is 1. The second-order valence-corrected chi connectivity index (χ2v) is 9.45. The third-order valence-electron chi connectivity index (χ3n) is 6.38. The smallest absolute Gasteiger partial charge is 0.321 e. The zero-order chi connectivity index (χ0) is 25.1. The first-order valence-corrected chi connectivity index (χ1v) is 12.8. The maximum Gasteiger partial charge on any atom is 0.321 e. The highest BCUT2D eigenvalue weighted by Gasteiger charge is 2.25. The average molecular weight is 504 g/mol. The molecule has 0 atom stereocenters. The van der Waals surface area contributed by atoms with Crippen molar-refractivity contribution in [3.8, 4) is 5.69 Å². The van der Waals surface area contributed by atoms with E-state index in [0.717, 1.165) is 65.6 Å². The van der Waals surface area contributed by atoms with Gasteiger partial charge in [-0.2, -0.15) is 5.10 Å². The third kappa shape index (κ3) is 4.99. The van der Waals surface area contributed by atoms with Gasteiger partial charge in [0.05, 0.1) is 16.8 Å². The molecule has 1 aliphatic heterocycles. The van der Waals surface area contributed by atoms with Crippen LogP contribution >= 0.6 is 11.6 Å². The van der Waals surface area contributed by atoms with Crippen LogP contribution in [0.1, 0.15) is 31.3 Å². The van der Waals surface area contributed by atoms with Crippen LogP contribution < -0.4 is 10.2 Å². The molecule has 2 aromatic heterocycles. The molecule has 1 aliphatic rings. The van der Waals surface area contributed by atoms with E-state index in [1.54, 1.807) is 12.1 Å². The van der Waals surface area contributed by atoms with E-state index in [9.17, 15) is 4.79 Å². The second kappa shape index (κ2) is 10.5. The maximum absolute atomic E-state index is 12.9. The number of amides is 2. The number of nitrogens with zero attached hydrogens (tertiary/aromatic N) is 6. The third-order valence-corrected chi connectivity index (χ3v) is 6.63. The van der Waals surface area contributed by atoms with Crippen molar-refractivity contribution in [2.24, 2.45) is 0 Å². The number of carbonyl (C=O) groups excluding carboxylic acids is 1. The summed E-state index contributed by atoms with van der Waals surface area (Å²) in [6.45, 7) is 6.90. The molecule has 36 heavy (non-hydrogen) atoms. The first-order valence-electron chi connectivity index (χ1n) is 12.4. The van der Waals surface area contributed by atoms with Crippen LogP contribution in [0.3, 0.4) is 0 Å². The number of carbonyl (C=O) groups is 1. The summed E-state index contributed by atoms with van der Waals surface area (Å²) in [5, 5.41) is 9.43. The molecule has 1 N–H and O–H groups in total. The van der Waals surface area contributed by atoms with E-state index >= 15 is 0 Å². The fourth-order valence-electron chi connectivity index (χ4n) is 4.59. The van der Waals surface area contributed by atoms with E-state index in [-0.39, 0.29) is 6.03 Å². The Balaban J connectivity index is 1.43. The highest BCUT2D eigenvalue weighted by molar-refractivity contribution is 6.30. The number of rotatable bonds is 5. The highest BCUT2D eigenvalue weighted by atomic mass is 35.5. The molecule has 0 spiro atoms.